The van der Waals surface area contributed by atoms with Crippen molar-refractivity contribution < 1.29 is 22.6 Å². The Morgan fingerprint density at radius 1 is 1.24 bits per heavy atom. The van der Waals surface area contributed by atoms with Gasteiger partial charge < -0.3 is 0 Å². The standard InChI is InChI=1S/C25H28N2O4S2Se/c1-3-19(16-24-26(12-13-28)21-15-18(2)9-10-22(21)32-24)17-25-27(11-6-14-33(29,30)31)20-7-4-5-8-23(20)34-25/h4-5,7-10,15-17,28H,3,6,11-14H2,1-2H3/p+1. The van der Waals surface area contributed by atoms with Crippen LogP contribution in [0.25, 0.3) is 15.9 Å². The molecule has 2 heterocycles. The van der Waals surface area contributed by atoms with E-state index in [4.69, 9.17) is 4.55 Å². The second kappa shape index (κ2) is 10.8. The number of nitrogens with zero attached hydrogens (tertiary/aromatic N) is 2. The number of aliphatic hydroxyl groups is 1. The van der Waals surface area contributed by atoms with E-state index in [1.807, 2.05) is 12.1 Å². The van der Waals surface area contributed by atoms with Crippen molar-refractivity contribution in [2.24, 2.45) is 0 Å². The van der Waals surface area contributed by atoms with Crippen molar-refractivity contribution >= 4 is 57.9 Å². The Morgan fingerprint density at radius 3 is 2.76 bits per heavy atom. The summed E-state index contributed by atoms with van der Waals surface area (Å²) < 4.78 is 36.3. The van der Waals surface area contributed by atoms with Crippen molar-refractivity contribution in [3.63, 3.8) is 0 Å². The van der Waals surface area contributed by atoms with Crippen molar-refractivity contribution in [3.8, 4) is 0 Å². The zero-order valence-corrected chi connectivity index (χ0v) is 22.6. The fourth-order valence-electron chi connectivity index (χ4n) is 4.01. The molecule has 6 nitrogen and oxygen atoms in total. The average Bonchev–Trinajstić information content (AvgIpc) is 3.30. The first-order chi connectivity index (χ1) is 16.3. The zero-order valence-electron chi connectivity index (χ0n) is 19.3. The number of hydrogen-bond donors (Lipinski definition) is 2. The van der Waals surface area contributed by atoms with E-state index in [0.29, 0.717) is 19.5 Å². The molecule has 1 aliphatic rings. The first kappa shape index (κ1) is 25.2. The van der Waals surface area contributed by atoms with Gasteiger partial charge >= 0.3 is 212 Å². The van der Waals surface area contributed by atoms with Gasteiger partial charge in [-0.05, 0) is 0 Å². The SMILES string of the molecule is CCC(=Cc1[se]c2ccccc2[n+]1CCCS(=O)(=O)O)C=C1Sc2ccc(C)cc2N1CCO. The second-order valence-electron chi connectivity index (χ2n) is 8.20. The van der Waals surface area contributed by atoms with Crippen LogP contribution in [0, 0.1) is 6.92 Å². The molecule has 0 atom stereocenters. The topological polar surface area (TPSA) is 81.7 Å². The molecule has 1 aromatic heterocycles. The van der Waals surface area contributed by atoms with Crippen molar-refractivity contribution in [2.75, 3.05) is 23.8 Å². The second-order valence-corrected chi connectivity index (χ2v) is 13.1. The Hall–Kier alpha value is -1.87. The van der Waals surface area contributed by atoms with Crippen molar-refractivity contribution in [2.45, 2.75) is 38.1 Å². The van der Waals surface area contributed by atoms with E-state index < -0.39 is 10.1 Å². The normalized spacial score (nSPS) is 15.5. The van der Waals surface area contributed by atoms with Crippen LogP contribution in [0.4, 0.5) is 5.69 Å². The molecule has 0 amide bonds. The van der Waals surface area contributed by atoms with Gasteiger partial charge in [-0.3, -0.25) is 0 Å². The Balaban J connectivity index is 1.70. The number of benzene rings is 2. The van der Waals surface area contributed by atoms with Crippen LogP contribution in [-0.2, 0) is 16.7 Å². The summed E-state index contributed by atoms with van der Waals surface area (Å²) in [5.74, 6) is -0.245. The van der Waals surface area contributed by atoms with Crippen molar-refractivity contribution in [3.05, 3.63) is 69.3 Å². The van der Waals surface area contributed by atoms with E-state index in [1.54, 1.807) is 11.8 Å². The van der Waals surface area contributed by atoms with Crippen LogP contribution in [0.5, 0.6) is 0 Å². The van der Waals surface area contributed by atoms with Gasteiger partial charge in [0.25, 0.3) is 0 Å². The Kier molecular flexibility index (Phi) is 8.02. The maximum absolute atomic E-state index is 11.2. The minimum atomic E-state index is -3.98. The minimum absolute atomic E-state index is 0.0772. The first-order valence-corrected chi connectivity index (χ1v) is 15.4. The molecule has 4 rings (SSSR count). The number of aryl methyl sites for hydroxylation is 2. The van der Waals surface area contributed by atoms with Crippen LogP contribution in [0.15, 0.2) is 64.0 Å². The summed E-state index contributed by atoms with van der Waals surface area (Å²) in [5, 5.41) is 10.8. The van der Waals surface area contributed by atoms with Crippen molar-refractivity contribution in [1.29, 1.82) is 0 Å². The number of rotatable bonds is 9. The molecular weight excluding hydrogens is 535 g/mol. The van der Waals surface area contributed by atoms with E-state index in [0.717, 1.165) is 22.7 Å². The molecule has 0 aliphatic carbocycles. The van der Waals surface area contributed by atoms with Gasteiger partial charge in [-0.1, -0.05) is 0 Å². The van der Waals surface area contributed by atoms with Crippen LogP contribution in [0.2, 0.25) is 0 Å². The summed E-state index contributed by atoms with van der Waals surface area (Å²) in [5.41, 5.74) is 4.63. The number of aromatic nitrogens is 1. The predicted octanol–water partition coefficient (Wildman–Crippen LogP) is 4.01. The molecule has 0 saturated carbocycles. The van der Waals surface area contributed by atoms with E-state index in [2.05, 4.69) is 65.8 Å². The third kappa shape index (κ3) is 5.85. The fraction of sp³-hybridized carbons (Fsp3) is 0.320. The monoisotopic (exact) mass is 565 g/mol. The maximum atomic E-state index is 11.2. The molecule has 9 heteroatoms. The van der Waals surface area contributed by atoms with Crippen LogP contribution >= 0.6 is 11.8 Å². The summed E-state index contributed by atoms with van der Waals surface area (Å²) >= 11 is 1.83. The molecule has 1 aliphatic heterocycles. The van der Waals surface area contributed by atoms with Crippen LogP contribution < -0.4 is 9.47 Å². The van der Waals surface area contributed by atoms with E-state index >= 15 is 0 Å². The van der Waals surface area contributed by atoms with E-state index in [9.17, 15) is 13.5 Å². The van der Waals surface area contributed by atoms with Gasteiger partial charge in [-0.2, -0.15) is 0 Å². The number of para-hydroxylation sites is 1. The molecule has 0 radical (unpaired) electrons. The summed E-state index contributed by atoms with van der Waals surface area (Å²) in [7, 11) is -3.98. The van der Waals surface area contributed by atoms with Gasteiger partial charge in [-0.15, -0.1) is 0 Å². The fourth-order valence-corrected chi connectivity index (χ4v) is 8.09. The van der Waals surface area contributed by atoms with Gasteiger partial charge in [0.15, 0.2) is 0 Å². The van der Waals surface area contributed by atoms with Crippen LogP contribution in [0.1, 0.15) is 29.9 Å². The number of allylic oxidation sites excluding steroid dienone is 2. The summed E-state index contributed by atoms with van der Waals surface area (Å²) in [6, 6.07) is 14.7. The third-order valence-corrected chi connectivity index (χ3v) is 9.91. The van der Waals surface area contributed by atoms with Gasteiger partial charge in [0.05, 0.1) is 0 Å². The van der Waals surface area contributed by atoms with Gasteiger partial charge in [-0.25, -0.2) is 0 Å². The third-order valence-electron chi connectivity index (χ3n) is 5.66. The van der Waals surface area contributed by atoms with Crippen LogP contribution in [-0.4, -0.2) is 51.5 Å². The summed E-state index contributed by atoms with van der Waals surface area (Å²) in [6.45, 7) is 5.37. The number of β-amino-alcohol motifs (C(OH)–C–C–N with tert-alkyl or cyclic N) is 1. The molecule has 0 spiro atoms. The molecule has 3 aromatic rings. The molecule has 2 aromatic carbocycles. The predicted molar refractivity (Wildman–Crippen MR) is 140 cm³/mol. The van der Waals surface area contributed by atoms with Gasteiger partial charge in [0.2, 0.25) is 0 Å². The van der Waals surface area contributed by atoms with Gasteiger partial charge in [0.1, 0.15) is 0 Å². The molecule has 0 fully saturated rings. The molecule has 180 valence electrons. The first-order valence-electron chi connectivity index (χ1n) is 11.2. The van der Waals surface area contributed by atoms with Crippen molar-refractivity contribution in [1.82, 2.24) is 0 Å². The Bertz CT molecular complexity index is 1360. The van der Waals surface area contributed by atoms with E-state index in [1.165, 1.54) is 24.9 Å². The molecule has 0 bridgehead atoms. The summed E-state index contributed by atoms with van der Waals surface area (Å²) in [4.78, 5) is 3.37. The zero-order chi connectivity index (χ0) is 24.3. The number of fused-ring (bicyclic) bond motifs is 2. The Labute approximate surface area is 211 Å². The quantitative estimate of drug-likeness (QED) is 0.232. The van der Waals surface area contributed by atoms with E-state index in [-0.39, 0.29) is 26.9 Å². The summed E-state index contributed by atoms with van der Waals surface area (Å²) in [6.07, 6.45) is 5.64. The molecular formula is C25H29N2O4S2Se+. The molecule has 2 N–H and O–H groups in total. The number of hydrogen-bond acceptors (Lipinski definition) is 5. The molecule has 34 heavy (non-hydrogen) atoms. The Morgan fingerprint density at radius 2 is 2.03 bits per heavy atom. The average molecular weight is 565 g/mol. The number of aliphatic hydroxyl groups excluding tert-OH is 1. The number of thioether (sulfide) groups is 1. The molecule has 0 saturated heterocycles. The molecule has 0 unspecified atom stereocenters. The van der Waals surface area contributed by atoms with Gasteiger partial charge in [0, 0.05) is 0 Å². The van der Waals surface area contributed by atoms with Crippen LogP contribution in [0.3, 0.4) is 0 Å². The number of anilines is 1.